The monoisotopic (exact) mass is 380 g/mol. The van der Waals surface area contributed by atoms with Crippen molar-refractivity contribution in [3.05, 3.63) is 67.3 Å². The van der Waals surface area contributed by atoms with Gasteiger partial charge in [-0.1, -0.05) is 0 Å². The Morgan fingerprint density at radius 3 is 2.60 bits per heavy atom. The third-order valence-electron chi connectivity index (χ3n) is 2.93. The van der Waals surface area contributed by atoms with Crippen LogP contribution in [0.5, 0.6) is 5.75 Å². The summed E-state index contributed by atoms with van der Waals surface area (Å²) < 4.78 is 13.8. The Kier molecular flexibility index (Phi) is 3.73. The van der Waals surface area contributed by atoms with E-state index in [1.807, 2.05) is 54.6 Å². The Bertz CT molecular complexity index is 662. The Morgan fingerprint density at radius 1 is 1.10 bits per heavy atom. The second kappa shape index (κ2) is 5.66. The molecule has 1 aliphatic rings. The number of carbonyl (C=O) groups excluding carboxylic acids is 1. The predicted molar refractivity (Wildman–Crippen MR) is 86.6 cm³/mol. The molecular weight excluding hydrogens is 367 g/mol. The van der Waals surface area contributed by atoms with Crippen molar-refractivity contribution in [2.45, 2.75) is 0 Å². The fourth-order valence-electron chi connectivity index (χ4n) is 1.89. The molecule has 1 heterocycles. The Balaban J connectivity index is 1.81. The van der Waals surface area contributed by atoms with Crippen molar-refractivity contribution in [2.24, 2.45) is 0 Å². The molecule has 0 saturated carbocycles. The van der Waals surface area contributed by atoms with Gasteiger partial charge in [0.25, 0.3) is 0 Å². The van der Waals surface area contributed by atoms with Crippen LogP contribution < -0.4 is 4.74 Å². The standard InChI is InChI=1S/C16H13IO3/c1-19-13-8-6-12(7-9-13)10-11-17-15-5-3-2-4-14(15)16(18)20-17/h2-11H,1H3/b11-10+. The van der Waals surface area contributed by atoms with Gasteiger partial charge in [0.2, 0.25) is 0 Å². The molecule has 1 aliphatic heterocycles. The van der Waals surface area contributed by atoms with Gasteiger partial charge in [-0.25, -0.2) is 0 Å². The molecule has 3 rings (SSSR count). The SMILES string of the molecule is COc1ccc(/C=C/I2OC(=O)c3ccccc32)cc1. The van der Waals surface area contributed by atoms with Crippen LogP contribution in [-0.4, -0.2) is 13.1 Å². The number of fused-ring (bicyclic) bond motifs is 1. The Morgan fingerprint density at radius 2 is 1.85 bits per heavy atom. The minimum absolute atomic E-state index is 0.190. The minimum atomic E-state index is -1.98. The van der Waals surface area contributed by atoms with E-state index in [2.05, 4.69) is 4.08 Å². The summed E-state index contributed by atoms with van der Waals surface area (Å²) in [4.78, 5) is 11.7. The molecule has 0 spiro atoms. The molecule has 0 saturated heterocycles. The van der Waals surface area contributed by atoms with E-state index in [1.54, 1.807) is 7.11 Å². The Hall–Kier alpha value is -1.82. The molecule has 102 valence electrons. The van der Waals surface area contributed by atoms with Crippen LogP contribution in [0.25, 0.3) is 6.08 Å². The summed E-state index contributed by atoms with van der Waals surface area (Å²) in [6, 6.07) is 15.4. The number of hydrogen-bond acceptors (Lipinski definition) is 3. The van der Waals surface area contributed by atoms with Crippen LogP contribution in [0.1, 0.15) is 15.9 Å². The van der Waals surface area contributed by atoms with E-state index in [-0.39, 0.29) is 5.97 Å². The topological polar surface area (TPSA) is 35.5 Å². The number of benzene rings is 2. The number of ether oxygens (including phenoxy) is 1. The number of methoxy groups -OCH3 is 1. The van der Waals surface area contributed by atoms with Crippen LogP contribution in [0.3, 0.4) is 0 Å². The normalized spacial score (nSPS) is 15.2. The third kappa shape index (κ3) is 2.56. The summed E-state index contributed by atoms with van der Waals surface area (Å²) in [5.74, 6) is 0.642. The zero-order valence-electron chi connectivity index (χ0n) is 10.9. The van der Waals surface area contributed by atoms with Crippen LogP contribution in [0.4, 0.5) is 0 Å². The summed E-state index contributed by atoms with van der Waals surface area (Å²) >= 11 is -1.98. The van der Waals surface area contributed by atoms with Gasteiger partial charge in [-0.05, 0) is 0 Å². The molecule has 2 aromatic carbocycles. The molecule has 0 aliphatic carbocycles. The van der Waals surface area contributed by atoms with Crippen LogP contribution in [0.2, 0.25) is 0 Å². The maximum absolute atomic E-state index is 11.7. The molecule has 2 aromatic rings. The number of rotatable bonds is 3. The van der Waals surface area contributed by atoms with Crippen LogP contribution in [0, 0.1) is 3.57 Å². The van der Waals surface area contributed by atoms with Crippen molar-refractivity contribution in [3.8, 4) is 5.75 Å². The third-order valence-corrected chi connectivity index (χ3v) is 6.91. The van der Waals surface area contributed by atoms with Gasteiger partial charge in [-0.3, -0.25) is 0 Å². The van der Waals surface area contributed by atoms with Gasteiger partial charge in [-0.2, -0.15) is 0 Å². The van der Waals surface area contributed by atoms with Crippen molar-refractivity contribution < 1.29 is 12.6 Å². The zero-order chi connectivity index (χ0) is 13.9. The molecule has 3 nitrogen and oxygen atoms in total. The molecule has 0 unspecified atom stereocenters. The van der Waals surface area contributed by atoms with Crippen molar-refractivity contribution >= 4 is 32.3 Å². The van der Waals surface area contributed by atoms with E-state index in [0.29, 0.717) is 0 Å². The van der Waals surface area contributed by atoms with Crippen LogP contribution in [0.15, 0.2) is 52.6 Å². The summed E-state index contributed by atoms with van der Waals surface area (Å²) in [5.41, 5.74) is 1.79. The maximum atomic E-state index is 11.7. The molecule has 0 N–H and O–H groups in total. The second-order valence-electron chi connectivity index (χ2n) is 4.19. The molecule has 0 aromatic heterocycles. The van der Waals surface area contributed by atoms with Gasteiger partial charge in [0.1, 0.15) is 0 Å². The molecule has 4 heteroatoms. The van der Waals surface area contributed by atoms with E-state index in [0.717, 1.165) is 20.4 Å². The number of hydrogen-bond donors (Lipinski definition) is 0. The predicted octanol–water partition coefficient (Wildman–Crippen LogP) is 4.13. The van der Waals surface area contributed by atoms with E-state index >= 15 is 0 Å². The average molecular weight is 380 g/mol. The first kappa shape index (κ1) is 13.2. The first-order chi connectivity index (χ1) is 9.78. The zero-order valence-corrected chi connectivity index (χ0v) is 13.0. The quantitative estimate of drug-likeness (QED) is 0.752. The first-order valence-electron chi connectivity index (χ1n) is 6.10. The first-order valence-corrected chi connectivity index (χ1v) is 9.31. The van der Waals surface area contributed by atoms with E-state index < -0.39 is 20.2 Å². The van der Waals surface area contributed by atoms with Gasteiger partial charge < -0.3 is 0 Å². The van der Waals surface area contributed by atoms with Crippen molar-refractivity contribution in [1.29, 1.82) is 0 Å². The summed E-state index contributed by atoms with van der Waals surface area (Å²) in [6.07, 6.45) is 2.01. The van der Waals surface area contributed by atoms with Crippen molar-refractivity contribution in [3.63, 3.8) is 0 Å². The van der Waals surface area contributed by atoms with Crippen molar-refractivity contribution in [2.75, 3.05) is 7.11 Å². The molecule has 0 bridgehead atoms. The van der Waals surface area contributed by atoms with E-state index in [1.165, 1.54) is 0 Å². The summed E-state index contributed by atoms with van der Waals surface area (Å²) in [6.45, 7) is 0. The number of halogens is 1. The molecule has 0 amide bonds. The van der Waals surface area contributed by atoms with Gasteiger partial charge in [0.05, 0.1) is 0 Å². The van der Waals surface area contributed by atoms with Gasteiger partial charge in [0.15, 0.2) is 0 Å². The fourth-order valence-corrected chi connectivity index (χ4v) is 5.60. The fraction of sp³-hybridized carbons (Fsp3) is 0.0625. The summed E-state index contributed by atoms with van der Waals surface area (Å²) in [5, 5.41) is 0. The van der Waals surface area contributed by atoms with Gasteiger partial charge >= 0.3 is 125 Å². The molecule has 0 radical (unpaired) electrons. The second-order valence-corrected chi connectivity index (χ2v) is 8.08. The Labute approximate surface area is 125 Å². The van der Waals surface area contributed by atoms with E-state index in [9.17, 15) is 4.79 Å². The molecule has 0 fully saturated rings. The molecule has 0 atom stereocenters. The van der Waals surface area contributed by atoms with Crippen LogP contribution in [-0.2, 0) is 3.07 Å². The summed E-state index contributed by atoms with van der Waals surface area (Å²) in [7, 11) is 1.65. The van der Waals surface area contributed by atoms with E-state index in [4.69, 9.17) is 7.80 Å². The van der Waals surface area contributed by atoms with Crippen molar-refractivity contribution in [1.82, 2.24) is 0 Å². The molecule has 20 heavy (non-hydrogen) atoms. The van der Waals surface area contributed by atoms with Gasteiger partial charge in [0, 0.05) is 0 Å². The van der Waals surface area contributed by atoms with Crippen LogP contribution >= 0.6 is 20.2 Å². The average Bonchev–Trinajstić information content (AvgIpc) is 2.83. The van der Waals surface area contributed by atoms with Gasteiger partial charge in [-0.15, -0.1) is 0 Å². The number of carbonyl (C=O) groups is 1. The molecular formula is C16H13IO3.